The largest absolute Gasteiger partial charge is 0.503 e. The average molecular weight is 166 g/mol. The third-order valence-corrected chi connectivity index (χ3v) is 1.80. The maximum absolute atomic E-state index is 13.1. The second-order valence-electron chi connectivity index (χ2n) is 2.57. The first kappa shape index (κ1) is 6.97. The number of hydrogen-bond donors (Lipinski definition) is 3. The number of fused-ring (bicyclic) bond motifs is 1. The summed E-state index contributed by atoms with van der Waals surface area (Å²) in [5.74, 6) is -1.16. The van der Waals surface area contributed by atoms with Crippen LogP contribution in [0, 0.1) is 5.82 Å². The van der Waals surface area contributed by atoms with Crippen molar-refractivity contribution in [2.45, 2.75) is 0 Å². The molecule has 0 atom stereocenters. The Morgan fingerprint density at radius 1 is 1.50 bits per heavy atom. The first-order chi connectivity index (χ1) is 5.70. The van der Waals surface area contributed by atoms with Crippen molar-refractivity contribution in [3.05, 3.63) is 24.1 Å². The van der Waals surface area contributed by atoms with Crippen LogP contribution in [0.5, 0.6) is 5.75 Å². The monoisotopic (exact) mass is 166 g/mol. The van der Waals surface area contributed by atoms with E-state index in [4.69, 9.17) is 10.8 Å². The topological polar surface area (TPSA) is 62.0 Å². The minimum atomic E-state index is -0.675. The Balaban J connectivity index is 2.94. The number of benzene rings is 1. The number of rotatable bonds is 0. The average Bonchev–Trinajstić information content (AvgIpc) is 2.48. The first-order valence-electron chi connectivity index (χ1n) is 3.44. The molecule has 0 saturated carbocycles. The van der Waals surface area contributed by atoms with E-state index in [2.05, 4.69) is 4.98 Å². The Morgan fingerprint density at radius 2 is 2.25 bits per heavy atom. The van der Waals surface area contributed by atoms with Gasteiger partial charge in [0, 0.05) is 11.6 Å². The van der Waals surface area contributed by atoms with Gasteiger partial charge in [-0.2, -0.15) is 0 Å². The van der Waals surface area contributed by atoms with Crippen molar-refractivity contribution < 1.29 is 9.50 Å². The lowest BCUT2D eigenvalue weighted by Gasteiger charge is -2.00. The van der Waals surface area contributed by atoms with Gasteiger partial charge in [0.15, 0.2) is 11.6 Å². The predicted octanol–water partition coefficient (Wildman–Crippen LogP) is 1.59. The summed E-state index contributed by atoms with van der Waals surface area (Å²) in [7, 11) is 0. The highest BCUT2D eigenvalue weighted by molar-refractivity contribution is 5.86. The fourth-order valence-corrected chi connectivity index (χ4v) is 1.17. The SMILES string of the molecule is Nc1cc2[nH]ccc2c(F)c1O. The summed E-state index contributed by atoms with van der Waals surface area (Å²) in [6, 6.07) is 3.04. The van der Waals surface area contributed by atoms with E-state index in [9.17, 15) is 4.39 Å². The Bertz CT molecular complexity index is 436. The van der Waals surface area contributed by atoms with Crippen molar-refractivity contribution in [3.63, 3.8) is 0 Å². The highest BCUT2D eigenvalue weighted by atomic mass is 19.1. The summed E-state index contributed by atoms with van der Waals surface area (Å²) >= 11 is 0. The number of aromatic hydroxyl groups is 1. The molecule has 0 fully saturated rings. The van der Waals surface area contributed by atoms with Gasteiger partial charge in [0.1, 0.15) is 0 Å². The molecule has 0 spiro atoms. The lowest BCUT2D eigenvalue weighted by molar-refractivity contribution is 0.439. The maximum Gasteiger partial charge on any atom is 0.176 e. The minimum Gasteiger partial charge on any atom is -0.503 e. The fraction of sp³-hybridized carbons (Fsp3) is 0. The number of halogens is 1. The summed E-state index contributed by atoms with van der Waals surface area (Å²) < 4.78 is 13.1. The van der Waals surface area contributed by atoms with E-state index >= 15 is 0 Å². The first-order valence-corrected chi connectivity index (χ1v) is 3.44. The molecule has 0 aliphatic heterocycles. The molecule has 4 N–H and O–H groups in total. The van der Waals surface area contributed by atoms with Crippen LogP contribution in [-0.2, 0) is 0 Å². The Labute approximate surface area is 67.6 Å². The molecule has 1 aromatic heterocycles. The number of nitrogens with two attached hydrogens (primary N) is 1. The maximum atomic E-state index is 13.1. The van der Waals surface area contributed by atoms with Crippen molar-refractivity contribution in [2.24, 2.45) is 0 Å². The van der Waals surface area contributed by atoms with Gasteiger partial charge in [-0.25, -0.2) is 4.39 Å². The van der Waals surface area contributed by atoms with Gasteiger partial charge in [-0.1, -0.05) is 0 Å². The Hall–Kier alpha value is -1.71. The number of nitrogens with one attached hydrogen (secondary N) is 1. The molecule has 1 aromatic carbocycles. The fourth-order valence-electron chi connectivity index (χ4n) is 1.17. The number of phenols is 1. The number of H-pyrrole nitrogens is 1. The van der Waals surface area contributed by atoms with Crippen LogP contribution in [0.1, 0.15) is 0 Å². The van der Waals surface area contributed by atoms with Crippen molar-refractivity contribution in [1.82, 2.24) is 4.98 Å². The van der Waals surface area contributed by atoms with Crippen LogP contribution in [0.25, 0.3) is 10.9 Å². The van der Waals surface area contributed by atoms with Gasteiger partial charge in [0.25, 0.3) is 0 Å². The molecule has 0 aliphatic rings. The van der Waals surface area contributed by atoms with Gasteiger partial charge in [-0.3, -0.25) is 0 Å². The summed E-state index contributed by atoms with van der Waals surface area (Å²) in [5, 5.41) is 9.46. The molecular weight excluding hydrogens is 159 g/mol. The number of anilines is 1. The van der Waals surface area contributed by atoms with Gasteiger partial charge < -0.3 is 15.8 Å². The second-order valence-corrected chi connectivity index (χ2v) is 2.57. The highest BCUT2D eigenvalue weighted by Crippen LogP contribution is 2.30. The predicted molar refractivity (Wildman–Crippen MR) is 44.3 cm³/mol. The van der Waals surface area contributed by atoms with Crippen LogP contribution in [0.15, 0.2) is 18.3 Å². The molecule has 0 unspecified atom stereocenters. The second kappa shape index (κ2) is 2.14. The zero-order valence-corrected chi connectivity index (χ0v) is 6.13. The third kappa shape index (κ3) is 0.747. The number of hydrogen-bond acceptors (Lipinski definition) is 2. The van der Waals surface area contributed by atoms with Crippen molar-refractivity contribution in [2.75, 3.05) is 5.73 Å². The van der Waals surface area contributed by atoms with E-state index in [1.807, 2.05) is 0 Å². The summed E-state index contributed by atoms with van der Waals surface area (Å²) in [6.45, 7) is 0. The summed E-state index contributed by atoms with van der Waals surface area (Å²) in [4.78, 5) is 2.80. The molecular formula is C8H7FN2O. The van der Waals surface area contributed by atoms with E-state index in [0.29, 0.717) is 10.9 Å². The molecule has 4 heteroatoms. The molecule has 2 rings (SSSR count). The van der Waals surface area contributed by atoms with E-state index < -0.39 is 11.6 Å². The number of phenolic OH excluding ortho intramolecular Hbond substituents is 1. The number of aromatic amines is 1. The summed E-state index contributed by atoms with van der Waals surface area (Å²) in [6.07, 6.45) is 1.59. The van der Waals surface area contributed by atoms with E-state index in [-0.39, 0.29) is 5.69 Å². The Morgan fingerprint density at radius 3 is 3.00 bits per heavy atom. The van der Waals surface area contributed by atoms with Crippen molar-refractivity contribution in [3.8, 4) is 5.75 Å². The molecule has 0 saturated heterocycles. The molecule has 2 aromatic rings. The van der Waals surface area contributed by atoms with Crippen LogP contribution < -0.4 is 5.73 Å². The molecule has 1 heterocycles. The van der Waals surface area contributed by atoms with Crippen molar-refractivity contribution >= 4 is 16.6 Å². The molecule has 3 nitrogen and oxygen atoms in total. The quantitative estimate of drug-likeness (QED) is 0.411. The third-order valence-electron chi connectivity index (χ3n) is 1.80. The highest BCUT2D eigenvalue weighted by Gasteiger charge is 2.10. The zero-order valence-electron chi connectivity index (χ0n) is 6.13. The molecule has 0 aliphatic carbocycles. The smallest absolute Gasteiger partial charge is 0.176 e. The van der Waals surface area contributed by atoms with Crippen LogP contribution >= 0.6 is 0 Å². The normalized spacial score (nSPS) is 10.8. The lowest BCUT2D eigenvalue weighted by Crippen LogP contribution is -1.88. The standard InChI is InChI=1S/C8H7FN2O/c9-7-4-1-2-11-6(4)3-5(10)8(7)12/h1-3,11-12H,10H2. The van der Waals surface area contributed by atoms with Gasteiger partial charge in [-0.05, 0) is 12.1 Å². The summed E-state index contributed by atoms with van der Waals surface area (Å²) in [5.41, 5.74) is 5.97. The van der Waals surface area contributed by atoms with Gasteiger partial charge in [-0.15, -0.1) is 0 Å². The minimum absolute atomic E-state index is 0.0439. The molecule has 62 valence electrons. The Kier molecular flexibility index (Phi) is 1.24. The molecule has 12 heavy (non-hydrogen) atoms. The lowest BCUT2D eigenvalue weighted by atomic mass is 10.2. The van der Waals surface area contributed by atoms with Crippen LogP contribution in [-0.4, -0.2) is 10.1 Å². The van der Waals surface area contributed by atoms with E-state index in [1.165, 1.54) is 6.07 Å². The van der Waals surface area contributed by atoms with Gasteiger partial charge in [0.05, 0.1) is 11.2 Å². The molecule has 0 radical (unpaired) electrons. The van der Waals surface area contributed by atoms with Crippen LogP contribution in [0.2, 0.25) is 0 Å². The van der Waals surface area contributed by atoms with Crippen LogP contribution in [0.4, 0.5) is 10.1 Å². The van der Waals surface area contributed by atoms with E-state index in [1.54, 1.807) is 12.3 Å². The number of aromatic nitrogens is 1. The van der Waals surface area contributed by atoms with Crippen molar-refractivity contribution in [1.29, 1.82) is 0 Å². The molecule has 0 amide bonds. The zero-order chi connectivity index (χ0) is 8.72. The van der Waals surface area contributed by atoms with Gasteiger partial charge >= 0.3 is 0 Å². The molecule has 0 bridgehead atoms. The van der Waals surface area contributed by atoms with Gasteiger partial charge in [0.2, 0.25) is 0 Å². The van der Waals surface area contributed by atoms with E-state index in [0.717, 1.165) is 0 Å². The number of nitrogen functional groups attached to an aromatic ring is 1. The van der Waals surface area contributed by atoms with Crippen LogP contribution in [0.3, 0.4) is 0 Å².